The van der Waals surface area contributed by atoms with Crippen LogP contribution in [-0.2, 0) is 11.3 Å². The summed E-state index contributed by atoms with van der Waals surface area (Å²) < 4.78 is 12.0. The van der Waals surface area contributed by atoms with Crippen LogP contribution >= 0.6 is 11.8 Å². The normalized spacial score (nSPS) is 13.3. The second kappa shape index (κ2) is 7.77. The largest absolute Gasteiger partial charge is 0.454 e. The summed E-state index contributed by atoms with van der Waals surface area (Å²) in [5.74, 6) is 7.85. The molecule has 10 heteroatoms. The fraction of sp³-hybridized carbons (Fsp3) is 0.222. The summed E-state index contributed by atoms with van der Waals surface area (Å²) in [7, 11) is 0. The second-order valence-electron chi connectivity index (χ2n) is 6.08. The van der Waals surface area contributed by atoms with Crippen LogP contribution in [0.2, 0.25) is 0 Å². The number of hydrogen-bond donors (Lipinski definition) is 2. The van der Waals surface area contributed by atoms with E-state index < -0.39 is 5.25 Å². The number of pyridine rings is 1. The minimum absolute atomic E-state index is 0.131. The van der Waals surface area contributed by atoms with Crippen molar-refractivity contribution in [2.24, 2.45) is 0 Å². The average molecular weight is 398 g/mol. The number of benzene rings is 1. The van der Waals surface area contributed by atoms with Gasteiger partial charge < -0.3 is 20.6 Å². The number of nitrogens with zero attached hydrogens (tertiary/aromatic N) is 4. The maximum Gasteiger partial charge on any atom is 0.233 e. The standard InChI is InChI=1S/C18H18N6O3S/c1-11(17(25)21-8-12-4-5-14-15(7-12)27-10-26-14)28-18-23-22-16(24(18)19)13-3-2-6-20-9-13/h2-7,9,11H,8,10,19H2,1H3,(H,21,25)/t11-/m1/s1. The Hall–Kier alpha value is -3.27. The zero-order valence-corrected chi connectivity index (χ0v) is 15.8. The molecule has 1 atom stereocenters. The van der Waals surface area contributed by atoms with E-state index in [1.807, 2.05) is 24.3 Å². The maximum absolute atomic E-state index is 12.4. The Labute approximate surface area is 165 Å². The Balaban J connectivity index is 1.36. The van der Waals surface area contributed by atoms with E-state index in [2.05, 4.69) is 20.5 Å². The first-order chi connectivity index (χ1) is 13.6. The molecule has 1 aromatic carbocycles. The zero-order valence-electron chi connectivity index (χ0n) is 15.0. The van der Waals surface area contributed by atoms with E-state index in [1.165, 1.54) is 16.4 Å². The molecule has 0 saturated carbocycles. The molecule has 4 rings (SSSR count). The van der Waals surface area contributed by atoms with Crippen molar-refractivity contribution in [1.29, 1.82) is 0 Å². The fourth-order valence-electron chi connectivity index (χ4n) is 2.64. The predicted molar refractivity (Wildman–Crippen MR) is 103 cm³/mol. The molecule has 144 valence electrons. The molecule has 9 nitrogen and oxygen atoms in total. The van der Waals surface area contributed by atoms with Gasteiger partial charge in [0.25, 0.3) is 0 Å². The third-order valence-corrected chi connectivity index (χ3v) is 5.20. The number of thioether (sulfide) groups is 1. The number of nitrogens with one attached hydrogen (secondary N) is 1. The number of carbonyl (C=O) groups is 1. The highest BCUT2D eigenvalue weighted by molar-refractivity contribution is 8.00. The molecule has 1 amide bonds. The van der Waals surface area contributed by atoms with Gasteiger partial charge in [0.05, 0.1) is 5.25 Å². The molecule has 2 aromatic heterocycles. The highest BCUT2D eigenvalue weighted by Crippen LogP contribution is 2.32. The number of ether oxygens (including phenoxy) is 2. The lowest BCUT2D eigenvalue weighted by molar-refractivity contribution is -0.120. The van der Waals surface area contributed by atoms with Crippen LogP contribution in [0.1, 0.15) is 12.5 Å². The van der Waals surface area contributed by atoms with Crippen LogP contribution < -0.4 is 20.6 Å². The number of hydrogen-bond acceptors (Lipinski definition) is 8. The van der Waals surface area contributed by atoms with Crippen LogP contribution in [0.5, 0.6) is 11.5 Å². The molecule has 0 aliphatic carbocycles. The van der Waals surface area contributed by atoms with Gasteiger partial charge in [-0.2, -0.15) is 0 Å². The molecule has 1 aliphatic rings. The molecule has 0 fully saturated rings. The lowest BCUT2D eigenvalue weighted by Crippen LogP contribution is -2.30. The number of aromatic nitrogens is 4. The van der Waals surface area contributed by atoms with E-state index in [0.29, 0.717) is 29.0 Å². The number of rotatable bonds is 6. The van der Waals surface area contributed by atoms with Gasteiger partial charge in [-0.1, -0.05) is 17.8 Å². The van der Waals surface area contributed by atoms with E-state index in [-0.39, 0.29) is 12.7 Å². The quantitative estimate of drug-likeness (QED) is 0.475. The van der Waals surface area contributed by atoms with Gasteiger partial charge in [0.2, 0.25) is 17.9 Å². The SMILES string of the molecule is C[C@@H](Sc1nnc(-c2cccnc2)n1N)C(=O)NCc1ccc2c(c1)OCO2. The Kier molecular flexibility index (Phi) is 5.02. The zero-order chi connectivity index (χ0) is 19.5. The monoisotopic (exact) mass is 398 g/mol. The third kappa shape index (κ3) is 3.72. The molecule has 3 heterocycles. The Morgan fingerprint density at radius 2 is 2.18 bits per heavy atom. The molecule has 3 aromatic rings. The van der Waals surface area contributed by atoms with Crippen molar-refractivity contribution in [3.8, 4) is 22.9 Å². The van der Waals surface area contributed by atoms with E-state index >= 15 is 0 Å². The molecular weight excluding hydrogens is 380 g/mol. The Bertz CT molecular complexity index is 994. The van der Waals surface area contributed by atoms with Crippen molar-refractivity contribution >= 4 is 17.7 Å². The molecule has 0 bridgehead atoms. The van der Waals surface area contributed by atoms with Crippen LogP contribution in [0.4, 0.5) is 0 Å². The van der Waals surface area contributed by atoms with Gasteiger partial charge in [0, 0.05) is 24.5 Å². The number of carbonyl (C=O) groups excluding carboxylic acids is 1. The van der Waals surface area contributed by atoms with Crippen molar-refractivity contribution in [2.75, 3.05) is 12.6 Å². The number of amides is 1. The van der Waals surface area contributed by atoms with Gasteiger partial charge in [-0.25, -0.2) is 4.68 Å². The van der Waals surface area contributed by atoms with Gasteiger partial charge in [-0.15, -0.1) is 10.2 Å². The van der Waals surface area contributed by atoms with Gasteiger partial charge in [-0.05, 0) is 36.8 Å². The Morgan fingerprint density at radius 3 is 3.00 bits per heavy atom. The summed E-state index contributed by atoms with van der Waals surface area (Å²) >= 11 is 1.24. The van der Waals surface area contributed by atoms with E-state index in [4.69, 9.17) is 15.3 Å². The van der Waals surface area contributed by atoms with Gasteiger partial charge >= 0.3 is 0 Å². The molecule has 0 radical (unpaired) electrons. The molecule has 3 N–H and O–H groups in total. The highest BCUT2D eigenvalue weighted by atomic mass is 32.2. The lowest BCUT2D eigenvalue weighted by atomic mass is 10.2. The van der Waals surface area contributed by atoms with E-state index in [9.17, 15) is 4.79 Å². The number of nitrogens with two attached hydrogens (primary N) is 1. The molecular formula is C18H18N6O3S. The minimum Gasteiger partial charge on any atom is -0.454 e. The lowest BCUT2D eigenvalue weighted by Gasteiger charge is -2.12. The van der Waals surface area contributed by atoms with Crippen molar-refractivity contribution in [3.63, 3.8) is 0 Å². The van der Waals surface area contributed by atoms with Crippen molar-refractivity contribution < 1.29 is 14.3 Å². The molecule has 0 unspecified atom stereocenters. The smallest absolute Gasteiger partial charge is 0.233 e. The van der Waals surface area contributed by atoms with Crippen molar-refractivity contribution in [3.05, 3.63) is 48.3 Å². The molecule has 0 spiro atoms. The average Bonchev–Trinajstić information content (AvgIpc) is 3.33. The predicted octanol–water partition coefficient (Wildman–Crippen LogP) is 1.58. The summed E-state index contributed by atoms with van der Waals surface area (Å²) in [6, 6.07) is 9.22. The number of fused-ring (bicyclic) bond motifs is 1. The Morgan fingerprint density at radius 1 is 1.32 bits per heavy atom. The van der Waals surface area contributed by atoms with Gasteiger partial charge in [0.15, 0.2) is 17.3 Å². The molecule has 1 aliphatic heterocycles. The first-order valence-electron chi connectivity index (χ1n) is 8.55. The summed E-state index contributed by atoms with van der Waals surface area (Å²) in [4.78, 5) is 16.5. The van der Waals surface area contributed by atoms with Gasteiger partial charge in [-0.3, -0.25) is 9.78 Å². The first kappa shape index (κ1) is 18.1. The van der Waals surface area contributed by atoms with Crippen LogP contribution in [-0.4, -0.2) is 37.8 Å². The van der Waals surface area contributed by atoms with Crippen LogP contribution in [0.15, 0.2) is 47.9 Å². The topological polar surface area (TPSA) is 117 Å². The summed E-state index contributed by atoms with van der Waals surface area (Å²) in [6.07, 6.45) is 3.33. The number of nitrogen functional groups attached to an aromatic ring is 1. The van der Waals surface area contributed by atoms with E-state index in [0.717, 1.165) is 11.1 Å². The van der Waals surface area contributed by atoms with Crippen molar-refractivity contribution in [1.82, 2.24) is 25.2 Å². The van der Waals surface area contributed by atoms with Crippen LogP contribution in [0, 0.1) is 0 Å². The van der Waals surface area contributed by atoms with Crippen LogP contribution in [0.3, 0.4) is 0 Å². The summed E-state index contributed by atoms with van der Waals surface area (Å²) in [6.45, 7) is 2.40. The van der Waals surface area contributed by atoms with E-state index in [1.54, 1.807) is 25.4 Å². The fourth-order valence-corrected chi connectivity index (χ4v) is 3.44. The van der Waals surface area contributed by atoms with Crippen molar-refractivity contribution in [2.45, 2.75) is 23.9 Å². The second-order valence-corrected chi connectivity index (χ2v) is 7.39. The maximum atomic E-state index is 12.4. The summed E-state index contributed by atoms with van der Waals surface area (Å²) in [5, 5.41) is 11.1. The minimum atomic E-state index is -0.401. The molecule has 28 heavy (non-hydrogen) atoms. The van der Waals surface area contributed by atoms with Crippen LogP contribution in [0.25, 0.3) is 11.4 Å². The third-order valence-electron chi connectivity index (χ3n) is 4.14. The van der Waals surface area contributed by atoms with Gasteiger partial charge in [0.1, 0.15) is 0 Å². The first-order valence-corrected chi connectivity index (χ1v) is 9.43. The highest BCUT2D eigenvalue weighted by Gasteiger charge is 2.20. The molecule has 0 saturated heterocycles. The summed E-state index contributed by atoms with van der Waals surface area (Å²) in [5.41, 5.74) is 1.68.